The van der Waals surface area contributed by atoms with Crippen LogP contribution in [0, 0.1) is 13.8 Å². The number of β-amino-alcohol motifs (C(OH)–C–C–N with tert-alkyl or cyclic N) is 1. The number of rotatable bonds is 5. The Morgan fingerprint density at radius 2 is 1.97 bits per heavy atom. The van der Waals surface area contributed by atoms with Crippen LogP contribution in [0.4, 0.5) is 5.95 Å². The smallest absolute Gasteiger partial charge is 0.223 e. The number of anilines is 1. The first-order valence-corrected chi connectivity index (χ1v) is 12.6. The fraction of sp³-hybridized carbons (Fsp3) is 0.500. The van der Waals surface area contributed by atoms with Gasteiger partial charge in [0.05, 0.1) is 35.1 Å². The molecular weight excluding hydrogens is 428 g/mol. The van der Waals surface area contributed by atoms with Gasteiger partial charge in [-0.25, -0.2) is 23.4 Å². The number of hydrogen-bond donors (Lipinski definition) is 2. The van der Waals surface area contributed by atoms with Crippen molar-refractivity contribution in [2.45, 2.75) is 52.3 Å². The molecule has 32 heavy (non-hydrogen) atoms. The van der Waals surface area contributed by atoms with Gasteiger partial charge in [-0.1, -0.05) is 0 Å². The maximum Gasteiger partial charge on any atom is 0.223 e. The van der Waals surface area contributed by atoms with E-state index in [4.69, 9.17) is 9.97 Å². The van der Waals surface area contributed by atoms with Gasteiger partial charge in [-0.05, 0) is 57.9 Å². The zero-order valence-corrected chi connectivity index (χ0v) is 19.9. The van der Waals surface area contributed by atoms with Gasteiger partial charge in [-0.15, -0.1) is 0 Å². The van der Waals surface area contributed by atoms with E-state index in [-0.39, 0.29) is 18.6 Å². The average Bonchev–Trinajstić information content (AvgIpc) is 3.03. The highest BCUT2D eigenvalue weighted by Gasteiger charge is 2.32. The standard InChI is InChI=1S/C22H30N6O3S/c1-13(2)28-15(4)24-19-10-14(3)16(11-20(19)28)17-6-8-23-22(25-17)26-18-7-9-27(12-21(18)29)32(5,30)31/h6,8,10-11,13,18,21,29H,7,9,12H2,1-5H3,(H,23,25,26)/t18-,21?/m1/s1. The fourth-order valence-electron chi connectivity index (χ4n) is 4.41. The number of imidazole rings is 1. The summed E-state index contributed by atoms with van der Waals surface area (Å²) >= 11 is 0. The third-order valence-electron chi connectivity index (χ3n) is 5.99. The number of aromatic nitrogens is 4. The molecular formula is C22H30N6O3S. The van der Waals surface area contributed by atoms with Gasteiger partial charge in [-0.3, -0.25) is 0 Å². The first-order valence-electron chi connectivity index (χ1n) is 10.8. The molecule has 0 aliphatic carbocycles. The molecule has 0 amide bonds. The fourth-order valence-corrected chi connectivity index (χ4v) is 5.27. The molecule has 0 saturated carbocycles. The highest BCUT2D eigenvalue weighted by Crippen LogP contribution is 2.30. The Labute approximate surface area is 188 Å². The first kappa shape index (κ1) is 22.6. The van der Waals surface area contributed by atoms with Gasteiger partial charge in [0, 0.05) is 30.9 Å². The normalized spacial score (nSPS) is 20.2. The molecule has 2 N–H and O–H groups in total. The zero-order valence-electron chi connectivity index (χ0n) is 19.1. The predicted molar refractivity (Wildman–Crippen MR) is 125 cm³/mol. The molecule has 0 bridgehead atoms. The minimum Gasteiger partial charge on any atom is -0.390 e. The van der Waals surface area contributed by atoms with Gasteiger partial charge in [0.2, 0.25) is 16.0 Å². The Morgan fingerprint density at radius 3 is 2.62 bits per heavy atom. The topological polar surface area (TPSA) is 113 Å². The van der Waals surface area contributed by atoms with E-state index in [9.17, 15) is 13.5 Å². The number of sulfonamides is 1. The van der Waals surface area contributed by atoms with Gasteiger partial charge in [0.15, 0.2) is 0 Å². The quantitative estimate of drug-likeness (QED) is 0.604. The third kappa shape index (κ3) is 4.35. The van der Waals surface area contributed by atoms with Crippen LogP contribution in [-0.4, -0.2) is 68.8 Å². The van der Waals surface area contributed by atoms with E-state index in [1.54, 1.807) is 6.20 Å². The maximum atomic E-state index is 11.8. The van der Waals surface area contributed by atoms with Crippen molar-refractivity contribution < 1.29 is 13.5 Å². The van der Waals surface area contributed by atoms with Crippen LogP contribution in [0.1, 0.15) is 37.7 Å². The summed E-state index contributed by atoms with van der Waals surface area (Å²) in [6.07, 6.45) is 2.48. The van der Waals surface area contributed by atoms with E-state index in [1.165, 1.54) is 4.31 Å². The highest BCUT2D eigenvalue weighted by atomic mass is 32.2. The summed E-state index contributed by atoms with van der Waals surface area (Å²) in [6.45, 7) is 8.74. The van der Waals surface area contributed by atoms with Crippen LogP contribution in [0.5, 0.6) is 0 Å². The van der Waals surface area contributed by atoms with Crippen molar-refractivity contribution in [1.29, 1.82) is 0 Å². The van der Waals surface area contributed by atoms with Crippen LogP contribution < -0.4 is 5.32 Å². The lowest BCUT2D eigenvalue weighted by Gasteiger charge is -2.34. The second-order valence-corrected chi connectivity index (χ2v) is 10.8. The van der Waals surface area contributed by atoms with Crippen LogP contribution >= 0.6 is 0 Å². The maximum absolute atomic E-state index is 11.8. The molecule has 1 fully saturated rings. The zero-order chi connectivity index (χ0) is 23.2. The number of fused-ring (bicyclic) bond motifs is 1. The molecule has 2 aromatic heterocycles. The molecule has 4 rings (SSSR count). The summed E-state index contributed by atoms with van der Waals surface area (Å²) in [5.74, 6) is 1.39. The summed E-state index contributed by atoms with van der Waals surface area (Å²) < 4.78 is 27.0. The molecule has 1 unspecified atom stereocenters. The number of hydrogen-bond acceptors (Lipinski definition) is 7. The van der Waals surface area contributed by atoms with Crippen LogP contribution in [0.25, 0.3) is 22.3 Å². The van der Waals surface area contributed by atoms with Gasteiger partial charge < -0.3 is 15.0 Å². The molecule has 3 aromatic rings. The number of benzene rings is 1. The Hall–Kier alpha value is -2.56. The molecule has 0 radical (unpaired) electrons. The van der Waals surface area contributed by atoms with E-state index < -0.39 is 16.1 Å². The number of piperidine rings is 1. The molecule has 1 aliphatic heterocycles. The Morgan fingerprint density at radius 1 is 1.22 bits per heavy atom. The van der Waals surface area contributed by atoms with Crippen molar-refractivity contribution in [3.63, 3.8) is 0 Å². The van der Waals surface area contributed by atoms with Gasteiger partial charge in [0.25, 0.3) is 0 Å². The lowest BCUT2D eigenvalue weighted by molar-refractivity contribution is 0.0950. The highest BCUT2D eigenvalue weighted by molar-refractivity contribution is 7.88. The van der Waals surface area contributed by atoms with Crippen molar-refractivity contribution in [2.24, 2.45) is 0 Å². The van der Waals surface area contributed by atoms with Crippen molar-refractivity contribution >= 4 is 27.0 Å². The van der Waals surface area contributed by atoms with Crippen molar-refractivity contribution in [3.05, 3.63) is 35.8 Å². The van der Waals surface area contributed by atoms with E-state index >= 15 is 0 Å². The summed E-state index contributed by atoms with van der Waals surface area (Å²) in [4.78, 5) is 13.7. The van der Waals surface area contributed by atoms with Crippen molar-refractivity contribution in [3.8, 4) is 11.3 Å². The molecule has 1 aliphatic rings. The molecule has 1 saturated heterocycles. The van der Waals surface area contributed by atoms with E-state index in [0.29, 0.717) is 18.9 Å². The van der Waals surface area contributed by atoms with E-state index in [1.807, 2.05) is 19.9 Å². The summed E-state index contributed by atoms with van der Waals surface area (Å²) in [5.41, 5.74) is 4.87. The Balaban J connectivity index is 1.62. The van der Waals surface area contributed by atoms with Crippen LogP contribution in [0.15, 0.2) is 24.4 Å². The molecule has 3 heterocycles. The molecule has 2 atom stereocenters. The number of nitrogens with one attached hydrogen (secondary N) is 1. The predicted octanol–water partition coefficient (Wildman–Crippen LogP) is 2.50. The van der Waals surface area contributed by atoms with Crippen molar-refractivity contribution in [1.82, 2.24) is 23.8 Å². The number of aryl methyl sites for hydroxylation is 2. The second kappa shape index (κ2) is 8.42. The van der Waals surface area contributed by atoms with Gasteiger partial charge in [-0.2, -0.15) is 4.31 Å². The monoisotopic (exact) mass is 458 g/mol. The van der Waals surface area contributed by atoms with Crippen LogP contribution in [-0.2, 0) is 10.0 Å². The summed E-state index contributed by atoms with van der Waals surface area (Å²) in [6, 6.07) is 6.03. The van der Waals surface area contributed by atoms with E-state index in [0.717, 1.165) is 39.9 Å². The van der Waals surface area contributed by atoms with Gasteiger partial charge >= 0.3 is 0 Å². The number of nitrogens with zero attached hydrogens (tertiary/aromatic N) is 5. The molecule has 1 aromatic carbocycles. The lowest BCUT2D eigenvalue weighted by Crippen LogP contribution is -2.51. The lowest BCUT2D eigenvalue weighted by atomic mass is 10.0. The van der Waals surface area contributed by atoms with Crippen molar-refractivity contribution in [2.75, 3.05) is 24.7 Å². The molecule has 10 heteroatoms. The SMILES string of the molecule is Cc1cc2nc(C)n(C(C)C)c2cc1-c1ccnc(N[C@@H]2CCN(S(C)(=O)=O)CC2O)n1. The molecule has 9 nitrogen and oxygen atoms in total. The summed E-state index contributed by atoms with van der Waals surface area (Å²) in [5, 5.41) is 13.7. The minimum atomic E-state index is -3.32. The van der Waals surface area contributed by atoms with Gasteiger partial charge in [0.1, 0.15) is 5.82 Å². The largest absolute Gasteiger partial charge is 0.390 e. The Kier molecular flexibility index (Phi) is 5.95. The molecule has 0 spiro atoms. The summed E-state index contributed by atoms with van der Waals surface area (Å²) in [7, 11) is -3.32. The number of aliphatic hydroxyl groups is 1. The van der Waals surface area contributed by atoms with Crippen LogP contribution in [0.3, 0.4) is 0 Å². The number of aliphatic hydroxyl groups excluding tert-OH is 1. The van der Waals surface area contributed by atoms with Crippen LogP contribution in [0.2, 0.25) is 0 Å². The average molecular weight is 459 g/mol. The molecule has 172 valence electrons. The first-order chi connectivity index (χ1) is 15.0. The minimum absolute atomic E-state index is 0.0600. The Bertz CT molecular complexity index is 1250. The third-order valence-corrected chi connectivity index (χ3v) is 7.26. The van der Waals surface area contributed by atoms with E-state index in [2.05, 4.69) is 40.8 Å². The second-order valence-electron chi connectivity index (χ2n) is 8.77.